The second-order valence-electron chi connectivity index (χ2n) is 9.60. The molecule has 0 unspecified atom stereocenters. The van der Waals surface area contributed by atoms with Gasteiger partial charge < -0.3 is 29.2 Å². The van der Waals surface area contributed by atoms with Gasteiger partial charge in [0.25, 0.3) is 0 Å². The lowest BCUT2D eigenvalue weighted by Crippen LogP contribution is -2.48. The van der Waals surface area contributed by atoms with E-state index in [1.54, 1.807) is 42.5 Å². The van der Waals surface area contributed by atoms with Gasteiger partial charge >= 0.3 is 19.4 Å². The van der Waals surface area contributed by atoms with Crippen LogP contribution in [0.1, 0.15) is 37.0 Å². The Morgan fingerprint density at radius 3 is 2.20 bits per heavy atom. The minimum atomic E-state index is -4.79. The van der Waals surface area contributed by atoms with E-state index in [2.05, 4.69) is 10.6 Å². The zero-order chi connectivity index (χ0) is 32.9. The number of hydrogen-bond donors (Lipinski definition) is 2. The molecule has 0 heterocycles. The number of rotatable bonds is 17. The lowest BCUT2D eigenvalue weighted by atomic mass is 10.0. The topological polar surface area (TPSA) is 112 Å². The zero-order valence-electron chi connectivity index (χ0n) is 24.8. The molecule has 0 saturated carbocycles. The van der Waals surface area contributed by atoms with Crippen LogP contribution in [-0.4, -0.2) is 44.4 Å². The fourth-order valence-corrected chi connectivity index (χ4v) is 5.89. The van der Waals surface area contributed by atoms with Gasteiger partial charge in [-0.05, 0) is 43.5 Å². The number of alkyl halides is 2. The molecular formula is C31H35Cl2F2N2O7P. The molecule has 2 N–H and O–H groups in total. The standard InChI is InChI=1S/C31H35Cl2F2N2O7P/c1-3-43-45(40,44-4-2)31(34,35)24-13-11-22(12-14-24)19-28(37-30(39)42-21-23-9-6-5-7-10-23)29(38)36-17-8-18-41-25-15-16-26(32)27(33)20-25/h5-7,9-16,20,28H,3-4,8,17-19,21H2,1-2H3,(H,36,38)(H,37,39)/t28-/m0/s1. The summed E-state index contributed by atoms with van der Waals surface area (Å²) in [4.78, 5) is 25.7. The van der Waals surface area contributed by atoms with Gasteiger partial charge in [-0.1, -0.05) is 77.8 Å². The van der Waals surface area contributed by atoms with Gasteiger partial charge in [-0.2, -0.15) is 8.78 Å². The summed E-state index contributed by atoms with van der Waals surface area (Å²) >= 11 is 11.9. The third-order valence-electron chi connectivity index (χ3n) is 6.28. The van der Waals surface area contributed by atoms with Gasteiger partial charge in [0.15, 0.2) is 0 Å². The molecule has 0 radical (unpaired) electrons. The summed E-state index contributed by atoms with van der Waals surface area (Å²) in [7, 11) is -4.79. The van der Waals surface area contributed by atoms with Crippen LogP contribution < -0.4 is 15.4 Å². The van der Waals surface area contributed by atoms with Crippen LogP contribution in [0.15, 0.2) is 72.8 Å². The Balaban J connectivity index is 1.66. The second-order valence-corrected chi connectivity index (χ2v) is 12.5. The van der Waals surface area contributed by atoms with Crippen molar-refractivity contribution in [2.75, 3.05) is 26.4 Å². The van der Waals surface area contributed by atoms with Gasteiger partial charge in [0.2, 0.25) is 5.91 Å². The molecule has 0 aliphatic heterocycles. The number of halogens is 4. The first-order chi connectivity index (χ1) is 21.5. The van der Waals surface area contributed by atoms with Crippen LogP contribution in [0.2, 0.25) is 10.0 Å². The van der Waals surface area contributed by atoms with Crippen LogP contribution in [0.4, 0.5) is 13.6 Å². The van der Waals surface area contributed by atoms with E-state index < -0.39 is 36.9 Å². The molecule has 1 atom stereocenters. The maximum atomic E-state index is 15.2. The van der Waals surface area contributed by atoms with Crippen LogP contribution in [0.25, 0.3) is 0 Å². The van der Waals surface area contributed by atoms with Gasteiger partial charge in [-0.25, -0.2) is 4.79 Å². The fraction of sp³-hybridized carbons (Fsp3) is 0.355. The number of carbonyl (C=O) groups excluding carboxylic acids is 2. The second kappa shape index (κ2) is 17.5. The summed E-state index contributed by atoms with van der Waals surface area (Å²) in [6.07, 6.45) is -0.452. The van der Waals surface area contributed by atoms with Crippen molar-refractivity contribution in [3.8, 4) is 5.75 Å². The molecule has 0 aliphatic carbocycles. The van der Waals surface area contributed by atoms with Crippen LogP contribution in [0.3, 0.4) is 0 Å². The quantitative estimate of drug-likeness (QED) is 0.110. The Labute approximate surface area is 271 Å². The maximum Gasteiger partial charge on any atom is 0.408 e. The number of ether oxygens (including phenoxy) is 2. The summed E-state index contributed by atoms with van der Waals surface area (Å²) in [6.45, 7) is 2.89. The number of amides is 2. The first-order valence-electron chi connectivity index (χ1n) is 14.2. The third-order valence-corrected chi connectivity index (χ3v) is 9.17. The monoisotopic (exact) mass is 686 g/mol. The molecule has 45 heavy (non-hydrogen) atoms. The summed E-state index contributed by atoms with van der Waals surface area (Å²) < 4.78 is 63.8. The van der Waals surface area contributed by atoms with Crippen molar-refractivity contribution in [1.29, 1.82) is 0 Å². The molecule has 0 spiro atoms. The van der Waals surface area contributed by atoms with Gasteiger partial charge in [0.1, 0.15) is 18.4 Å². The predicted molar refractivity (Wildman–Crippen MR) is 168 cm³/mol. The maximum absolute atomic E-state index is 15.2. The van der Waals surface area contributed by atoms with Crippen LogP contribution in [-0.2, 0) is 41.8 Å². The van der Waals surface area contributed by atoms with E-state index >= 15 is 8.78 Å². The van der Waals surface area contributed by atoms with Gasteiger partial charge in [-0.3, -0.25) is 9.36 Å². The molecule has 14 heteroatoms. The number of hydrogen-bond acceptors (Lipinski definition) is 7. The van der Waals surface area contributed by atoms with E-state index in [0.29, 0.717) is 27.8 Å². The highest BCUT2D eigenvalue weighted by Gasteiger charge is 2.54. The molecule has 244 valence electrons. The lowest BCUT2D eigenvalue weighted by molar-refractivity contribution is -0.123. The van der Waals surface area contributed by atoms with Crippen molar-refractivity contribution in [3.63, 3.8) is 0 Å². The van der Waals surface area contributed by atoms with Crippen molar-refractivity contribution in [2.24, 2.45) is 0 Å². The SMILES string of the molecule is CCOP(=O)(OCC)C(F)(F)c1ccc(C[C@H](NC(=O)OCc2ccccc2)C(=O)NCCCOc2ccc(Cl)c(Cl)c2)cc1. The van der Waals surface area contributed by atoms with E-state index in [9.17, 15) is 14.2 Å². The third kappa shape index (κ3) is 10.7. The van der Waals surface area contributed by atoms with Crippen LogP contribution in [0, 0.1) is 0 Å². The van der Waals surface area contributed by atoms with Crippen molar-refractivity contribution >= 4 is 42.8 Å². The normalized spacial score (nSPS) is 12.3. The van der Waals surface area contributed by atoms with E-state index in [1.165, 1.54) is 26.0 Å². The molecule has 0 saturated heterocycles. The minimum absolute atomic E-state index is 0.0173. The summed E-state index contributed by atoms with van der Waals surface area (Å²) in [5, 5.41) is 6.05. The molecule has 0 bridgehead atoms. The van der Waals surface area contributed by atoms with E-state index in [-0.39, 0.29) is 39.4 Å². The largest absolute Gasteiger partial charge is 0.493 e. The molecule has 0 aromatic heterocycles. The van der Waals surface area contributed by atoms with E-state index in [1.807, 2.05) is 6.07 Å². The Morgan fingerprint density at radius 1 is 0.911 bits per heavy atom. The Bertz CT molecular complexity index is 1440. The van der Waals surface area contributed by atoms with E-state index in [4.69, 9.17) is 41.7 Å². The minimum Gasteiger partial charge on any atom is -0.493 e. The van der Waals surface area contributed by atoms with Crippen molar-refractivity contribution in [1.82, 2.24) is 10.6 Å². The highest BCUT2D eigenvalue weighted by molar-refractivity contribution is 7.54. The smallest absolute Gasteiger partial charge is 0.408 e. The summed E-state index contributed by atoms with van der Waals surface area (Å²) in [6, 6.07) is 17.6. The summed E-state index contributed by atoms with van der Waals surface area (Å²) in [5.74, 6) is -0.00267. The van der Waals surface area contributed by atoms with Crippen molar-refractivity contribution < 1.29 is 41.5 Å². The molecule has 0 fully saturated rings. The van der Waals surface area contributed by atoms with E-state index in [0.717, 1.165) is 17.7 Å². The molecular weight excluding hydrogens is 652 g/mol. The molecule has 0 aliphatic rings. The summed E-state index contributed by atoms with van der Waals surface area (Å²) in [5.41, 5.74) is -3.28. The molecule has 3 aromatic rings. The molecule has 3 rings (SSSR count). The van der Waals surface area contributed by atoms with Gasteiger partial charge in [0, 0.05) is 24.6 Å². The molecule has 9 nitrogen and oxygen atoms in total. The predicted octanol–water partition coefficient (Wildman–Crippen LogP) is 7.73. The first kappa shape index (κ1) is 36.3. The molecule has 3 aromatic carbocycles. The highest BCUT2D eigenvalue weighted by Crippen LogP contribution is 2.66. The highest BCUT2D eigenvalue weighted by atomic mass is 35.5. The average Bonchev–Trinajstić information content (AvgIpc) is 3.02. The fourth-order valence-electron chi connectivity index (χ4n) is 4.05. The Morgan fingerprint density at radius 2 is 1.58 bits per heavy atom. The van der Waals surface area contributed by atoms with Gasteiger partial charge in [0.05, 0.1) is 29.9 Å². The van der Waals surface area contributed by atoms with Crippen molar-refractivity contribution in [3.05, 3.63) is 99.5 Å². The Kier molecular flexibility index (Phi) is 14.1. The number of nitrogens with one attached hydrogen (secondary N) is 2. The number of alkyl carbamates (subject to hydrolysis) is 1. The average molecular weight is 688 g/mol. The Hall–Kier alpha value is -3.21. The zero-order valence-corrected chi connectivity index (χ0v) is 27.2. The number of benzene rings is 3. The first-order valence-corrected chi connectivity index (χ1v) is 16.5. The van der Waals surface area contributed by atoms with Gasteiger partial charge in [-0.15, -0.1) is 0 Å². The number of carbonyl (C=O) groups is 2. The molecule has 2 amide bonds. The lowest BCUT2D eigenvalue weighted by Gasteiger charge is -2.26. The van der Waals surface area contributed by atoms with Crippen LogP contribution in [0.5, 0.6) is 5.75 Å². The van der Waals surface area contributed by atoms with Crippen LogP contribution >= 0.6 is 30.8 Å². The van der Waals surface area contributed by atoms with Crippen molar-refractivity contribution in [2.45, 2.75) is 45.0 Å².